The second kappa shape index (κ2) is 6.21. The topological polar surface area (TPSA) is 35.5 Å². The number of rotatable bonds is 5. The summed E-state index contributed by atoms with van der Waals surface area (Å²) in [6.45, 7) is 3.51. The van der Waals surface area contributed by atoms with E-state index in [0.717, 1.165) is 19.4 Å². The van der Waals surface area contributed by atoms with Crippen molar-refractivity contribution in [3.05, 3.63) is 29.8 Å². The molecule has 0 saturated carbocycles. The molecule has 0 spiro atoms. The molecule has 1 fully saturated rings. The Morgan fingerprint density at radius 1 is 1.39 bits per heavy atom. The molecule has 3 nitrogen and oxygen atoms in total. The van der Waals surface area contributed by atoms with Gasteiger partial charge >= 0.3 is 0 Å². The van der Waals surface area contributed by atoms with Crippen molar-refractivity contribution < 1.29 is 5.11 Å². The average Bonchev–Trinajstić information content (AvgIpc) is 2.89. The molecule has 1 aliphatic rings. The molecule has 2 atom stereocenters. The molecule has 2 rings (SSSR count). The summed E-state index contributed by atoms with van der Waals surface area (Å²) in [5.74, 6) is 0. The molecular formula is C15H24N2O. The van der Waals surface area contributed by atoms with Gasteiger partial charge in [0.15, 0.2) is 0 Å². The predicted octanol–water partition coefficient (Wildman–Crippen LogP) is 2.32. The van der Waals surface area contributed by atoms with Gasteiger partial charge in [-0.2, -0.15) is 0 Å². The zero-order chi connectivity index (χ0) is 13.0. The standard InChI is InChI=1S/C15H24N2O/c1-3-15(16-2)12-6-8-13(9-7-12)17-10-4-5-14(17)11-18/h6-9,14-16,18H,3-5,10-11H2,1-2H3. The van der Waals surface area contributed by atoms with Gasteiger partial charge < -0.3 is 15.3 Å². The summed E-state index contributed by atoms with van der Waals surface area (Å²) in [6.07, 6.45) is 3.38. The smallest absolute Gasteiger partial charge is 0.0635 e. The molecule has 1 saturated heterocycles. The van der Waals surface area contributed by atoms with Crippen LogP contribution in [0.4, 0.5) is 5.69 Å². The Hall–Kier alpha value is -1.06. The van der Waals surface area contributed by atoms with Gasteiger partial charge in [-0.05, 0) is 44.0 Å². The minimum atomic E-state index is 0.260. The first-order valence-electron chi connectivity index (χ1n) is 6.94. The number of nitrogens with zero attached hydrogens (tertiary/aromatic N) is 1. The van der Waals surface area contributed by atoms with Gasteiger partial charge in [-0.1, -0.05) is 19.1 Å². The highest BCUT2D eigenvalue weighted by Crippen LogP contribution is 2.27. The van der Waals surface area contributed by atoms with E-state index >= 15 is 0 Å². The van der Waals surface area contributed by atoms with Gasteiger partial charge in [0.2, 0.25) is 0 Å². The van der Waals surface area contributed by atoms with E-state index in [-0.39, 0.29) is 6.61 Å². The highest BCUT2D eigenvalue weighted by atomic mass is 16.3. The number of aliphatic hydroxyl groups is 1. The maximum absolute atomic E-state index is 9.37. The number of hydrogen-bond acceptors (Lipinski definition) is 3. The number of nitrogens with one attached hydrogen (secondary N) is 1. The molecule has 0 aromatic heterocycles. The van der Waals surface area contributed by atoms with Crippen LogP contribution in [0.1, 0.15) is 37.8 Å². The molecule has 0 aliphatic carbocycles. The quantitative estimate of drug-likeness (QED) is 0.839. The molecule has 0 radical (unpaired) electrons. The second-order valence-electron chi connectivity index (χ2n) is 5.01. The molecule has 1 aromatic rings. The van der Waals surface area contributed by atoms with E-state index in [2.05, 4.69) is 41.4 Å². The Balaban J connectivity index is 2.12. The SMILES string of the molecule is CCC(NC)c1ccc(N2CCCC2CO)cc1. The first-order valence-corrected chi connectivity index (χ1v) is 6.94. The van der Waals surface area contributed by atoms with Crippen LogP contribution in [0.25, 0.3) is 0 Å². The Labute approximate surface area is 110 Å². The Bertz CT molecular complexity index is 359. The van der Waals surface area contributed by atoms with E-state index in [1.807, 2.05) is 7.05 Å². The lowest BCUT2D eigenvalue weighted by molar-refractivity contribution is 0.266. The molecule has 0 bridgehead atoms. The van der Waals surface area contributed by atoms with Gasteiger partial charge in [0.05, 0.1) is 12.6 Å². The molecular weight excluding hydrogens is 224 g/mol. The van der Waals surface area contributed by atoms with Crippen LogP contribution in [0.5, 0.6) is 0 Å². The van der Waals surface area contributed by atoms with E-state index in [1.54, 1.807) is 0 Å². The van der Waals surface area contributed by atoms with E-state index in [1.165, 1.54) is 17.7 Å². The molecule has 2 unspecified atom stereocenters. The number of hydrogen-bond donors (Lipinski definition) is 2. The molecule has 3 heteroatoms. The fourth-order valence-electron chi connectivity index (χ4n) is 2.87. The summed E-state index contributed by atoms with van der Waals surface area (Å²) in [5.41, 5.74) is 2.57. The van der Waals surface area contributed by atoms with E-state index in [9.17, 15) is 5.11 Å². The van der Waals surface area contributed by atoms with Gasteiger partial charge in [-0.15, -0.1) is 0 Å². The third-order valence-corrected chi connectivity index (χ3v) is 3.97. The summed E-state index contributed by atoms with van der Waals surface area (Å²) in [7, 11) is 2.00. The van der Waals surface area contributed by atoms with Crippen LogP contribution in [-0.4, -0.2) is 31.3 Å². The predicted molar refractivity (Wildman–Crippen MR) is 76.0 cm³/mol. The van der Waals surface area contributed by atoms with Crippen molar-refractivity contribution in [3.63, 3.8) is 0 Å². The number of anilines is 1. The highest BCUT2D eigenvalue weighted by molar-refractivity contribution is 5.50. The number of aliphatic hydroxyl groups excluding tert-OH is 1. The molecule has 1 aliphatic heterocycles. The first kappa shape index (κ1) is 13.4. The molecule has 0 amide bonds. The summed E-state index contributed by atoms with van der Waals surface area (Å²) < 4.78 is 0. The maximum Gasteiger partial charge on any atom is 0.0635 e. The summed E-state index contributed by atoms with van der Waals surface area (Å²) in [4.78, 5) is 2.32. The summed E-state index contributed by atoms with van der Waals surface area (Å²) in [6, 6.07) is 9.51. The minimum Gasteiger partial charge on any atom is -0.394 e. The monoisotopic (exact) mass is 248 g/mol. The lowest BCUT2D eigenvalue weighted by Crippen LogP contribution is -2.31. The zero-order valence-corrected chi connectivity index (χ0v) is 11.4. The molecule has 18 heavy (non-hydrogen) atoms. The second-order valence-corrected chi connectivity index (χ2v) is 5.01. The first-order chi connectivity index (χ1) is 8.80. The van der Waals surface area contributed by atoms with E-state index < -0.39 is 0 Å². The largest absolute Gasteiger partial charge is 0.394 e. The Kier molecular flexibility index (Phi) is 4.61. The number of benzene rings is 1. The highest BCUT2D eigenvalue weighted by Gasteiger charge is 2.23. The third-order valence-electron chi connectivity index (χ3n) is 3.97. The summed E-state index contributed by atoms with van der Waals surface area (Å²) >= 11 is 0. The average molecular weight is 248 g/mol. The van der Waals surface area contributed by atoms with E-state index in [0.29, 0.717) is 12.1 Å². The van der Waals surface area contributed by atoms with Crippen LogP contribution < -0.4 is 10.2 Å². The fraction of sp³-hybridized carbons (Fsp3) is 0.600. The minimum absolute atomic E-state index is 0.260. The van der Waals surface area contributed by atoms with Crippen molar-refractivity contribution in [2.45, 2.75) is 38.3 Å². The molecule has 1 heterocycles. The fourth-order valence-corrected chi connectivity index (χ4v) is 2.87. The van der Waals surface area contributed by atoms with Gasteiger partial charge in [0.1, 0.15) is 0 Å². The van der Waals surface area contributed by atoms with Gasteiger partial charge in [-0.3, -0.25) is 0 Å². The molecule has 100 valence electrons. The van der Waals surface area contributed by atoms with Crippen LogP contribution in [0.15, 0.2) is 24.3 Å². The Morgan fingerprint density at radius 2 is 2.11 bits per heavy atom. The van der Waals surface area contributed by atoms with Gasteiger partial charge in [-0.25, -0.2) is 0 Å². The van der Waals surface area contributed by atoms with Crippen molar-refractivity contribution >= 4 is 5.69 Å². The van der Waals surface area contributed by atoms with Crippen LogP contribution in [-0.2, 0) is 0 Å². The van der Waals surface area contributed by atoms with Gasteiger partial charge in [0.25, 0.3) is 0 Å². The van der Waals surface area contributed by atoms with Crippen LogP contribution >= 0.6 is 0 Å². The van der Waals surface area contributed by atoms with Crippen molar-refractivity contribution in [2.24, 2.45) is 0 Å². The van der Waals surface area contributed by atoms with Crippen LogP contribution in [0.3, 0.4) is 0 Å². The maximum atomic E-state index is 9.37. The lowest BCUT2D eigenvalue weighted by Gasteiger charge is -2.26. The third kappa shape index (κ3) is 2.68. The summed E-state index contributed by atoms with van der Waals surface area (Å²) in [5, 5.41) is 12.7. The van der Waals surface area contributed by atoms with Crippen molar-refractivity contribution in [1.82, 2.24) is 5.32 Å². The van der Waals surface area contributed by atoms with E-state index in [4.69, 9.17) is 0 Å². The molecule has 1 aromatic carbocycles. The van der Waals surface area contributed by atoms with Crippen molar-refractivity contribution in [1.29, 1.82) is 0 Å². The lowest BCUT2D eigenvalue weighted by atomic mass is 10.0. The Morgan fingerprint density at radius 3 is 2.67 bits per heavy atom. The zero-order valence-electron chi connectivity index (χ0n) is 11.4. The van der Waals surface area contributed by atoms with Crippen LogP contribution in [0, 0.1) is 0 Å². The van der Waals surface area contributed by atoms with Crippen molar-refractivity contribution in [3.8, 4) is 0 Å². The van der Waals surface area contributed by atoms with Gasteiger partial charge in [0, 0.05) is 18.3 Å². The molecule has 2 N–H and O–H groups in total. The normalized spacial score (nSPS) is 21.3. The van der Waals surface area contributed by atoms with Crippen molar-refractivity contribution in [2.75, 3.05) is 25.1 Å². The van der Waals surface area contributed by atoms with Crippen LogP contribution in [0.2, 0.25) is 0 Å².